The van der Waals surface area contributed by atoms with Gasteiger partial charge in [-0.25, -0.2) is 0 Å². The van der Waals surface area contributed by atoms with E-state index in [2.05, 4.69) is 16.0 Å². The van der Waals surface area contributed by atoms with Crippen molar-refractivity contribution in [2.24, 2.45) is 0 Å². The van der Waals surface area contributed by atoms with Gasteiger partial charge in [-0.2, -0.15) is 0 Å². The summed E-state index contributed by atoms with van der Waals surface area (Å²) in [6, 6.07) is -2.48. The van der Waals surface area contributed by atoms with E-state index < -0.39 is 47.7 Å². The average Bonchev–Trinajstić information content (AvgIpc) is 2.99. The Morgan fingerprint density at radius 2 is 1.43 bits per heavy atom. The van der Waals surface area contributed by atoms with Gasteiger partial charge in [-0.3, -0.25) is 33.7 Å². The van der Waals surface area contributed by atoms with Crippen molar-refractivity contribution in [3.63, 3.8) is 0 Å². The molecule has 1 rings (SSSR count). The highest BCUT2D eigenvalue weighted by Gasteiger charge is 2.24. The molecule has 3 N–H and O–H groups in total. The molecule has 0 saturated heterocycles. The fourth-order valence-corrected chi connectivity index (χ4v) is 2.35. The molecule has 0 spiro atoms. The highest BCUT2D eigenvalue weighted by atomic mass is 31.0. The van der Waals surface area contributed by atoms with Gasteiger partial charge in [0.15, 0.2) is 5.52 Å². The largest absolute Gasteiger partial charge is 0.379 e. The van der Waals surface area contributed by atoms with Crippen molar-refractivity contribution < 1.29 is 37.8 Å². The maximum atomic E-state index is 12.1. The van der Waals surface area contributed by atoms with Crippen molar-refractivity contribution in [2.75, 3.05) is 19.8 Å². The minimum Gasteiger partial charge on any atom is -0.379 e. The first-order valence-electron chi connectivity index (χ1n) is 9.33. The molecule has 0 aromatic heterocycles. The second-order valence-electron chi connectivity index (χ2n) is 6.68. The van der Waals surface area contributed by atoms with Crippen LogP contribution in [0.4, 0.5) is 0 Å². The summed E-state index contributed by atoms with van der Waals surface area (Å²) in [5.74, 6) is -2.33. The lowest BCUT2D eigenvalue weighted by Gasteiger charge is -2.19. The standard InChI is InChI=1S/C18H27N4O7P.3H2/c1-10(16(26)20-11(2)17(27)21-12(3)18(28)30)19-13(23)6-8-29-9-7-22-14(24)4-5-15(22)25;;;/h4-5,10-12H,6-9,30H2,1-3H3,(H,19,23)(H,20,26)(H,21,27);3*1H/t10-,11-,12-;;;/m0.../s1. The lowest BCUT2D eigenvalue weighted by molar-refractivity contribution is -0.138. The normalized spacial score (nSPS) is 16.1. The molecule has 0 bridgehead atoms. The quantitative estimate of drug-likeness (QED) is 0.196. The van der Waals surface area contributed by atoms with Crippen molar-refractivity contribution in [3.05, 3.63) is 12.2 Å². The van der Waals surface area contributed by atoms with E-state index in [-0.39, 0.29) is 36.0 Å². The van der Waals surface area contributed by atoms with Gasteiger partial charge in [-0.15, -0.1) is 0 Å². The summed E-state index contributed by atoms with van der Waals surface area (Å²) in [5.41, 5.74) is -0.292. The molecule has 0 aliphatic carbocycles. The Hall–Kier alpha value is -2.65. The van der Waals surface area contributed by atoms with Crippen LogP contribution in [0.3, 0.4) is 0 Å². The molecule has 11 nitrogen and oxygen atoms in total. The van der Waals surface area contributed by atoms with E-state index in [0.29, 0.717) is 0 Å². The molecule has 172 valence electrons. The van der Waals surface area contributed by atoms with Crippen LogP contribution in [0.15, 0.2) is 12.2 Å². The maximum absolute atomic E-state index is 12.1. The number of hydrogen-bond donors (Lipinski definition) is 3. The number of nitrogens with one attached hydrogen (secondary N) is 3. The number of amides is 5. The summed E-state index contributed by atoms with van der Waals surface area (Å²) in [6.45, 7) is 4.67. The molecule has 0 aromatic carbocycles. The molecule has 0 fully saturated rings. The molecule has 0 saturated carbocycles. The van der Waals surface area contributed by atoms with Crippen LogP contribution in [0, 0.1) is 0 Å². The molecule has 4 atom stereocenters. The van der Waals surface area contributed by atoms with E-state index >= 15 is 0 Å². The number of imide groups is 1. The number of carbonyl (C=O) groups excluding carboxylic acids is 6. The maximum Gasteiger partial charge on any atom is 0.253 e. The summed E-state index contributed by atoms with van der Waals surface area (Å²) in [5, 5.41) is 7.39. The summed E-state index contributed by atoms with van der Waals surface area (Å²) in [7, 11) is 1.96. The third-order valence-corrected chi connectivity index (χ3v) is 4.64. The lowest BCUT2D eigenvalue weighted by atomic mass is 10.2. The van der Waals surface area contributed by atoms with Crippen LogP contribution < -0.4 is 16.0 Å². The second kappa shape index (κ2) is 12.1. The Morgan fingerprint density at radius 3 is 1.97 bits per heavy atom. The molecule has 1 aliphatic rings. The van der Waals surface area contributed by atoms with Gasteiger partial charge in [0.05, 0.1) is 25.8 Å². The molecular formula is C18H33N4O7P. The zero-order chi connectivity index (χ0) is 22.8. The predicted octanol–water partition coefficient (Wildman–Crippen LogP) is -1.03. The van der Waals surface area contributed by atoms with E-state index in [1.807, 2.05) is 9.24 Å². The van der Waals surface area contributed by atoms with E-state index in [1.54, 1.807) is 0 Å². The molecule has 12 heteroatoms. The third kappa shape index (κ3) is 8.38. The van der Waals surface area contributed by atoms with Gasteiger partial charge in [0.2, 0.25) is 17.7 Å². The minimum atomic E-state index is -0.891. The van der Waals surface area contributed by atoms with Crippen molar-refractivity contribution in [3.8, 4) is 0 Å². The molecule has 0 radical (unpaired) electrons. The summed E-state index contributed by atoms with van der Waals surface area (Å²) >= 11 is 0. The van der Waals surface area contributed by atoms with Gasteiger partial charge in [-0.05, 0) is 20.8 Å². The lowest BCUT2D eigenvalue weighted by Crippen LogP contribution is -2.53. The van der Waals surface area contributed by atoms with Gasteiger partial charge < -0.3 is 20.7 Å². The van der Waals surface area contributed by atoms with Crippen LogP contribution in [-0.2, 0) is 33.5 Å². The summed E-state index contributed by atoms with van der Waals surface area (Å²) in [6.07, 6.45) is 2.33. The van der Waals surface area contributed by atoms with Crippen LogP contribution in [-0.4, -0.2) is 77.8 Å². The van der Waals surface area contributed by atoms with Crippen LogP contribution >= 0.6 is 9.24 Å². The zero-order valence-electron chi connectivity index (χ0n) is 17.1. The van der Waals surface area contributed by atoms with Crippen LogP contribution in [0.2, 0.25) is 0 Å². The fraction of sp³-hybridized carbons (Fsp3) is 0.556. The summed E-state index contributed by atoms with van der Waals surface area (Å²) < 4.78 is 5.24. The van der Waals surface area contributed by atoms with Crippen molar-refractivity contribution in [1.82, 2.24) is 20.9 Å². The van der Waals surface area contributed by atoms with Gasteiger partial charge in [0, 0.05) is 22.9 Å². The number of nitrogens with zero attached hydrogens (tertiary/aromatic N) is 1. The molecule has 1 heterocycles. The molecule has 0 aromatic rings. The van der Waals surface area contributed by atoms with Crippen molar-refractivity contribution in [1.29, 1.82) is 0 Å². The highest BCUT2D eigenvalue weighted by molar-refractivity contribution is 7.40. The monoisotopic (exact) mass is 448 g/mol. The molecule has 1 aliphatic heterocycles. The molecular weight excluding hydrogens is 415 g/mol. The number of hydrogen-bond acceptors (Lipinski definition) is 7. The van der Waals surface area contributed by atoms with Gasteiger partial charge in [-0.1, -0.05) is 9.24 Å². The first-order valence-corrected chi connectivity index (χ1v) is 9.91. The third-order valence-electron chi connectivity index (χ3n) is 4.14. The first kappa shape index (κ1) is 25.4. The Morgan fingerprint density at radius 1 is 0.933 bits per heavy atom. The summed E-state index contributed by atoms with van der Waals surface area (Å²) in [4.78, 5) is 70.9. The van der Waals surface area contributed by atoms with E-state index in [9.17, 15) is 28.8 Å². The van der Waals surface area contributed by atoms with Crippen LogP contribution in [0.5, 0.6) is 0 Å². The molecule has 5 amide bonds. The van der Waals surface area contributed by atoms with Gasteiger partial charge in [0.1, 0.15) is 12.1 Å². The second-order valence-corrected chi connectivity index (χ2v) is 7.24. The SMILES string of the molecule is C[C@H](NC(=O)[C@H](C)NC(=O)[C@H](C)NC(=O)CCOCCN1C(=O)C=CC1=O)C(=O)P.[HH].[HH].[HH]. The van der Waals surface area contributed by atoms with Crippen molar-refractivity contribution >= 4 is 44.3 Å². The Labute approximate surface area is 181 Å². The van der Waals surface area contributed by atoms with Crippen LogP contribution in [0.1, 0.15) is 31.5 Å². The molecule has 30 heavy (non-hydrogen) atoms. The van der Waals surface area contributed by atoms with Gasteiger partial charge in [0.25, 0.3) is 11.8 Å². The number of carbonyl (C=O) groups is 6. The Balaban J connectivity index is -0.00000300. The highest BCUT2D eigenvalue weighted by Crippen LogP contribution is 2.02. The predicted molar refractivity (Wildman–Crippen MR) is 115 cm³/mol. The Bertz CT molecular complexity index is 737. The Kier molecular flexibility index (Phi) is 10.3. The van der Waals surface area contributed by atoms with E-state index in [1.165, 1.54) is 32.9 Å². The van der Waals surface area contributed by atoms with E-state index in [0.717, 1.165) is 4.90 Å². The first-order chi connectivity index (χ1) is 14.0. The zero-order valence-corrected chi connectivity index (χ0v) is 18.3. The smallest absolute Gasteiger partial charge is 0.253 e. The van der Waals surface area contributed by atoms with Crippen molar-refractivity contribution in [2.45, 2.75) is 45.3 Å². The van der Waals surface area contributed by atoms with Crippen LogP contribution in [0.25, 0.3) is 0 Å². The van der Waals surface area contributed by atoms with Gasteiger partial charge >= 0.3 is 0 Å². The topological polar surface area (TPSA) is 151 Å². The molecule has 1 unspecified atom stereocenters. The fourth-order valence-electron chi connectivity index (χ4n) is 2.27. The minimum absolute atomic E-state index is 0. The van der Waals surface area contributed by atoms with E-state index in [4.69, 9.17) is 4.74 Å². The number of ether oxygens (including phenoxy) is 1. The number of rotatable bonds is 12. The average molecular weight is 448 g/mol.